The van der Waals surface area contributed by atoms with Crippen LogP contribution in [0.5, 0.6) is 0 Å². The quantitative estimate of drug-likeness (QED) is 0.302. The maximum absolute atomic E-state index is 10.6. The van der Waals surface area contributed by atoms with Crippen LogP contribution < -0.4 is 0 Å². The van der Waals surface area contributed by atoms with Crippen molar-refractivity contribution < 1.29 is 15.1 Å². The average Bonchev–Trinajstić information content (AvgIpc) is 2.11. The van der Waals surface area contributed by atoms with Crippen LogP contribution >= 0.6 is 0 Å². The second kappa shape index (κ2) is 5.07. The van der Waals surface area contributed by atoms with E-state index in [9.17, 15) is 4.79 Å². The second-order valence-corrected chi connectivity index (χ2v) is 3.15. The molecule has 1 atom stereocenters. The highest BCUT2D eigenvalue weighted by molar-refractivity contribution is 5.96. The summed E-state index contributed by atoms with van der Waals surface area (Å²) in [6.07, 6.45) is -1.27. The summed E-state index contributed by atoms with van der Waals surface area (Å²) in [5.74, 6) is -1.01. The highest BCUT2D eigenvalue weighted by Crippen LogP contribution is 2.13. The summed E-state index contributed by atoms with van der Waals surface area (Å²) < 4.78 is 0. The van der Waals surface area contributed by atoms with Crippen LogP contribution in [0.2, 0.25) is 0 Å². The lowest BCUT2D eigenvalue weighted by Crippen LogP contribution is -2.38. The lowest BCUT2D eigenvalue weighted by atomic mass is 9.96. The first-order valence-electron chi connectivity index (χ1n) is 4.03. The van der Waals surface area contributed by atoms with E-state index < -0.39 is 12.0 Å². The van der Waals surface area contributed by atoms with Crippen LogP contribution in [0.1, 0.15) is 13.8 Å². The van der Waals surface area contributed by atoms with Gasteiger partial charge in [-0.2, -0.15) is 5.26 Å². The fourth-order valence-corrected chi connectivity index (χ4v) is 0.941. The molecule has 1 unspecified atom stereocenters. The van der Waals surface area contributed by atoms with E-state index in [4.69, 9.17) is 15.6 Å². The van der Waals surface area contributed by atoms with Gasteiger partial charge in [0.25, 0.3) is 0 Å². The highest BCUT2D eigenvalue weighted by atomic mass is 16.4. The molecule has 1 amide bonds. The van der Waals surface area contributed by atoms with Crippen molar-refractivity contribution in [2.24, 2.45) is 17.0 Å². The van der Waals surface area contributed by atoms with E-state index >= 15 is 0 Å². The molecular formula is C8H13N3O3. The van der Waals surface area contributed by atoms with Crippen molar-refractivity contribution in [1.82, 2.24) is 4.90 Å². The molecule has 0 aromatic rings. The third-order valence-electron chi connectivity index (χ3n) is 1.82. The molecule has 0 saturated heterocycles. The number of amidine groups is 1. The SMILES string of the molecule is CC(C)C(C#N)C(=NO)N(C)C(=O)O. The zero-order valence-electron chi connectivity index (χ0n) is 8.30. The van der Waals surface area contributed by atoms with Crippen molar-refractivity contribution in [1.29, 1.82) is 5.26 Å². The number of rotatable bonds is 2. The Balaban J connectivity index is 4.91. The van der Waals surface area contributed by atoms with E-state index in [1.807, 2.05) is 6.07 Å². The van der Waals surface area contributed by atoms with Crippen LogP contribution in [-0.4, -0.2) is 34.2 Å². The highest BCUT2D eigenvalue weighted by Gasteiger charge is 2.26. The van der Waals surface area contributed by atoms with Crippen molar-refractivity contribution >= 4 is 11.9 Å². The molecule has 0 rings (SSSR count). The summed E-state index contributed by atoms with van der Waals surface area (Å²) in [4.78, 5) is 11.3. The van der Waals surface area contributed by atoms with E-state index in [1.54, 1.807) is 13.8 Å². The summed E-state index contributed by atoms with van der Waals surface area (Å²) in [5.41, 5.74) is 0. The minimum absolute atomic E-state index is 0.118. The minimum Gasteiger partial charge on any atom is -0.465 e. The largest absolute Gasteiger partial charge is 0.465 e. The van der Waals surface area contributed by atoms with Crippen molar-refractivity contribution in [3.8, 4) is 6.07 Å². The van der Waals surface area contributed by atoms with Gasteiger partial charge in [0.15, 0.2) is 5.84 Å². The van der Waals surface area contributed by atoms with E-state index in [2.05, 4.69) is 5.16 Å². The van der Waals surface area contributed by atoms with Crippen LogP contribution in [0.3, 0.4) is 0 Å². The van der Waals surface area contributed by atoms with E-state index in [1.165, 1.54) is 7.05 Å². The first-order chi connectivity index (χ1) is 6.45. The Morgan fingerprint density at radius 2 is 2.07 bits per heavy atom. The standard InChI is InChI=1S/C8H13N3O3/c1-5(2)6(4-9)7(10-14)11(3)8(12)13/h5-6,14H,1-3H3,(H,12,13). The molecule has 6 heteroatoms. The molecule has 0 bridgehead atoms. The van der Waals surface area contributed by atoms with Gasteiger partial charge in [-0.3, -0.25) is 4.90 Å². The lowest BCUT2D eigenvalue weighted by molar-refractivity contribution is 0.172. The summed E-state index contributed by atoms with van der Waals surface area (Å²) in [6, 6.07) is 1.89. The molecule has 0 aliphatic heterocycles. The third-order valence-corrected chi connectivity index (χ3v) is 1.82. The monoisotopic (exact) mass is 199 g/mol. The number of carboxylic acid groups (broad SMARTS) is 1. The molecule has 14 heavy (non-hydrogen) atoms. The maximum Gasteiger partial charge on any atom is 0.412 e. The summed E-state index contributed by atoms with van der Waals surface area (Å²) in [6.45, 7) is 3.49. The normalized spacial score (nSPS) is 13.5. The second-order valence-electron chi connectivity index (χ2n) is 3.15. The van der Waals surface area contributed by atoms with Gasteiger partial charge < -0.3 is 10.3 Å². The van der Waals surface area contributed by atoms with Crippen molar-refractivity contribution in [3.63, 3.8) is 0 Å². The van der Waals surface area contributed by atoms with Gasteiger partial charge in [0.2, 0.25) is 0 Å². The zero-order valence-corrected chi connectivity index (χ0v) is 8.30. The predicted octanol–water partition coefficient (Wildman–Crippen LogP) is 1.18. The molecule has 6 nitrogen and oxygen atoms in total. The molecule has 0 spiro atoms. The van der Waals surface area contributed by atoms with Gasteiger partial charge in [-0.1, -0.05) is 19.0 Å². The number of carbonyl (C=O) groups is 1. The average molecular weight is 199 g/mol. The van der Waals surface area contributed by atoms with E-state index in [-0.39, 0.29) is 11.8 Å². The molecule has 78 valence electrons. The molecule has 2 N–H and O–H groups in total. The van der Waals surface area contributed by atoms with Crippen molar-refractivity contribution in [2.75, 3.05) is 7.05 Å². The van der Waals surface area contributed by atoms with Gasteiger partial charge in [0.05, 0.1) is 6.07 Å². The molecular weight excluding hydrogens is 186 g/mol. The lowest BCUT2D eigenvalue weighted by Gasteiger charge is -2.20. The van der Waals surface area contributed by atoms with Crippen LogP contribution in [0.15, 0.2) is 5.16 Å². The van der Waals surface area contributed by atoms with E-state index in [0.717, 1.165) is 4.90 Å². The molecule has 0 fully saturated rings. The van der Waals surface area contributed by atoms with Crippen LogP contribution in [0.4, 0.5) is 4.79 Å². The number of hydrogen-bond donors (Lipinski definition) is 2. The zero-order chi connectivity index (χ0) is 11.3. The van der Waals surface area contributed by atoms with Gasteiger partial charge in [-0.15, -0.1) is 0 Å². The van der Waals surface area contributed by atoms with Crippen LogP contribution in [-0.2, 0) is 0 Å². The van der Waals surface area contributed by atoms with Crippen LogP contribution in [0.25, 0.3) is 0 Å². The third kappa shape index (κ3) is 2.62. The molecule has 0 aliphatic rings. The number of nitrogens with zero attached hydrogens (tertiary/aromatic N) is 3. The van der Waals surface area contributed by atoms with Crippen molar-refractivity contribution in [3.05, 3.63) is 0 Å². The number of nitriles is 1. The molecule has 0 radical (unpaired) electrons. The topological polar surface area (TPSA) is 96.9 Å². The maximum atomic E-state index is 10.6. The smallest absolute Gasteiger partial charge is 0.412 e. The molecule has 0 aromatic heterocycles. The Bertz CT molecular complexity index is 280. The fraction of sp³-hybridized carbons (Fsp3) is 0.625. The Labute approximate surface area is 82.0 Å². The summed E-state index contributed by atoms with van der Waals surface area (Å²) in [5, 5.41) is 28.9. The summed E-state index contributed by atoms with van der Waals surface area (Å²) >= 11 is 0. The first kappa shape index (κ1) is 12.2. The van der Waals surface area contributed by atoms with Gasteiger partial charge in [-0.05, 0) is 5.92 Å². The molecule has 0 aliphatic carbocycles. The fourth-order valence-electron chi connectivity index (χ4n) is 0.941. The Hall–Kier alpha value is -1.77. The van der Waals surface area contributed by atoms with Crippen LogP contribution in [0, 0.1) is 23.2 Å². The number of amides is 1. The molecule has 0 aromatic carbocycles. The molecule has 0 saturated carbocycles. The van der Waals surface area contributed by atoms with E-state index in [0.29, 0.717) is 0 Å². The molecule has 0 heterocycles. The van der Waals surface area contributed by atoms with Gasteiger partial charge in [0.1, 0.15) is 5.92 Å². The Kier molecular flexibility index (Phi) is 4.43. The number of hydrogen-bond acceptors (Lipinski definition) is 4. The summed E-state index contributed by atoms with van der Waals surface area (Å²) in [7, 11) is 1.23. The van der Waals surface area contributed by atoms with Gasteiger partial charge in [-0.25, -0.2) is 4.79 Å². The Morgan fingerprint density at radius 1 is 1.57 bits per heavy atom. The Morgan fingerprint density at radius 3 is 2.29 bits per heavy atom. The van der Waals surface area contributed by atoms with Crippen molar-refractivity contribution in [2.45, 2.75) is 13.8 Å². The predicted molar refractivity (Wildman–Crippen MR) is 49.0 cm³/mol. The number of oxime groups is 1. The van der Waals surface area contributed by atoms with Gasteiger partial charge >= 0.3 is 6.09 Å². The first-order valence-corrected chi connectivity index (χ1v) is 4.03. The van der Waals surface area contributed by atoms with Gasteiger partial charge in [0, 0.05) is 7.05 Å². The minimum atomic E-state index is -1.27.